The van der Waals surface area contributed by atoms with Gasteiger partial charge in [0, 0.05) is 60.8 Å². The Hall–Kier alpha value is -2.88. The largest absolute Gasteiger partial charge is 0.397 e. The predicted molar refractivity (Wildman–Crippen MR) is 113 cm³/mol. The molecule has 3 aromatic rings. The number of carbonyl (C=O) groups excluding carboxylic acids is 1. The van der Waals surface area contributed by atoms with Crippen LogP contribution in [0.4, 0.5) is 11.4 Å². The van der Waals surface area contributed by atoms with Crippen molar-refractivity contribution in [2.45, 2.75) is 25.0 Å². The molecule has 0 amide bonds. The van der Waals surface area contributed by atoms with Crippen molar-refractivity contribution in [1.82, 2.24) is 15.0 Å². The molecule has 9 heteroatoms. The molecule has 0 aromatic carbocycles. The number of hydrogen-bond donors (Lipinski definition) is 3. The molecule has 8 nitrogen and oxygen atoms in total. The normalized spacial score (nSPS) is 19.3. The van der Waals surface area contributed by atoms with Crippen molar-refractivity contribution in [3.63, 3.8) is 0 Å². The van der Waals surface area contributed by atoms with Crippen LogP contribution >= 0.6 is 11.3 Å². The van der Waals surface area contributed by atoms with Gasteiger partial charge in [-0.1, -0.05) is 0 Å². The summed E-state index contributed by atoms with van der Waals surface area (Å²) < 4.78 is 0. The summed E-state index contributed by atoms with van der Waals surface area (Å²) in [5.41, 5.74) is 14.9. The summed E-state index contributed by atoms with van der Waals surface area (Å²) in [6.45, 7) is 1.19. The van der Waals surface area contributed by atoms with Gasteiger partial charge in [-0.3, -0.25) is 9.78 Å². The monoisotopic (exact) mass is 410 g/mol. The van der Waals surface area contributed by atoms with Crippen LogP contribution in [0.2, 0.25) is 0 Å². The minimum Gasteiger partial charge on any atom is -0.397 e. The molecular weight excluding hydrogens is 388 g/mol. The molecule has 150 valence electrons. The van der Waals surface area contributed by atoms with Crippen LogP contribution in [0.15, 0.2) is 42.2 Å². The van der Waals surface area contributed by atoms with E-state index in [2.05, 4.69) is 19.9 Å². The maximum absolute atomic E-state index is 13.0. The number of ketones is 1. The molecule has 4 rings (SSSR count). The van der Waals surface area contributed by atoms with E-state index in [0.717, 1.165) is 16.3 Å². The quantitative estimate of drug-likeness (QED) is 0.539. The Morgan fingerprint density at radius 1 is 1.31 bits per heavy atom. The highest BCUT2D eigenvalue weighted by molar-refractivity contribution is 7.13. The molecule has 1 saturated heterocycles. The van der Waals surface area contributed by atoms with Gasteiger partial charge in [0.1, 0.15) is 10.7 Å². The molecule has 0 radical (unpaired) electrons. The van der Waals surface area contributed by atoms with E-state index in [1.165, 1.54) is 11.3 Å². The predicted octanol–water partition coefficient (Wildman–Crippen LogP) is 1.51. The fourth-order valence-electron chi connectivity index (χ4n) is 3.47. The Kier molecular flexibility index (Phi) is 5.52. The number of aliphatic hydroxyl groups is 1. The van der Waals surface area contributed by atoms with E-state index >= 15 is 0 Å². The zero-order chi connectivity index (χ0) is 20.4. The Morgan fingerprint density at radius 2 is 2.17 bits per heavy atom. The summed E-state index contributed by atoms with van der Waals surface area (Å²) in [4.78, 5) is 28.0. The lowest BCUT2D eigenvalue weighted by molar-refractivity contribution is 0.0988. The molecule has 0 aliphatic carbocycles. The third kappa shape index (κ3) is 4.12. The second kappa shape index (κ2) is 8.24. The Bertz CT molecular complexity index is 1010. The molecule has 0 bridgehead atoms. The minimum absolute atomic E-state index is 0.121. The number of aliphatic hydroxyl groups excluding tert-OH is 1. The smallest absolute Gasteiger partial charge is 0.187 e. The van der Waals surface area contributed by atoms with Gasteiger partial charge >= 0.3 is 0 Å². The zero-order valence-corrected chi connectivity index (χ0v) is 16.5. The van der Waals surface area contributed by atoms with Crippen LogP contribution < -0.4 is 16.4 Å². The fraction of sp³-hybridized carbons (Fsp3) is 0.300. The first-order valence-corrected chi connectivity index (χ1v) is 10.2. The maximum Gasteiger partial charge on any atom is 0.187 e. The Labute approximate surface area is 172 Å². The number of carbonyl (C=O) groups is 1. The summed E-state index contributed by atoms with van der Waals surface area (Å²) in [6, 6.07) is 5.00. The average Bonchev–Trinajstić information content (AvgIpc) is 3.26. The van der Waals surface area contributed by atoms with Crippen LogP contribution in [-0.2, 0) is 6.42 Å². The molecule has 5 N–H and O–H groups in total. The molecule has 0 spiro atoms. The first kappa shape index (κ1) is 19.4. The van der Waals surface area contributed by atoms with Crippen molar-refractivity contribution >= 4 is 28.5 Å². The van der Waals surface area contributed by atoms with Gasteiger partial charge in [-0.05, 0) is 24.6 Å². The Morgan fingerprint density at radius 3 is 2.93 bits per heavy atom. The lowest BCUT2D eigenvalue weighted by Gasteiger charge is -2.36. The molecular formula is C20H22N6O2S. The van der Waals surface area contributed by atoms with Crippen molar-refractivity contribution in [2.75, 3.05) is 23.7 Å². The number of thiazole rings is 1. The van der Waals surface area contributed by atoms with Crippen molar-refractivity contribution in [1.29, 1.82) is 0 Å². The lowest BCUT2D eigenvalue weighted by atomic mass is 10.00. The van der Waals surface area contributed by atoms with Crippen molar-refractivity contribution in [2.24, 2.45) is 5.73 Å². The molecule has 4 heterocycles. The molecule has 2 atom stereocenters. The van der Waals surface area contributed by atoms with Gasteiger partial charge in [0.15, 0.2) is 5.78 Å². The molecule has 29 heavy (non-hydrogen) atoms. The number of rotatable bonds is 5. The lowest BCUT2D eigenvalue weighted by Crippen LogP contribution is -2.51. The summed E-state index contributed by atoms with van der Waals surface area (Å²) in [5.74, 6) is -0.184. The Balaban J connectivity index is 1.59. The number of nitrogens with zero attached hydrogens (tertiary/aromatic N) is 4. The van der Waals surface area contributed by atoms with Gasteiger partial charge in [0.05, 0.1) is 17.5 Å². The van der Waals surface area contributed by atoms with Crippen LogP contribution in [0.1, 0.15) is 22.5 Å². The number of nitrogen functional groups attached to an aromatic ring is 1. The van der Waals surface area contributed by atoms with Gasteiger partial charge in [-0.2, -0.15) is 0 Å². The average molecular weight is 411 g/mol. The van der Waals surface area contributed by atoms with Crippen LogP contribution in [0, 0.1) is 0 Å². The number of pyridine rings is 2. The van der Waals surface area contributed by atoms with E-state index in [1.54, 1.807) is 30.7 Å². The zero-order valence-electron chi connectivity index (χ0n) is 15.7. The van der Waals surface area contributed by atoms with E-state index in [0.29, 0.717) is 30.9 Å². The minimum atomic E-state index is -0.504. The molecule has 0 saturated carbocycles. The van der Waals surface area contributed by atoms with Crippen LogP contribution in [0.5, 0.6) is 0 Å². The number of piperidine rings is 1. The maximum atomic E-state index is 13.0. The highest BCUT2D eigenvalue weighted by atomic mass is 32.1. The van der Waals surface area contributed by atoms with Crippen LogP contribution in [0.3, 0.4) is 0 Å². The second-order valence-corrected chi connectivity index (χ2v) is 7.94. The van der Waals surface area contributed by atoms with E-state index in [-0.39, 0.29) is 23.9 Å². The molecule has 1 aliphatic rings. The van der Waals surface area contributed by atoms with Gasteiger partial charge < -0.3 is 21.5 Å². The molecule has 1 fully saturated rings. The molecule has 1 aliphatic heterocycles. The standard InChI is InChI=1S/C20H22N6O2S/c21-13-1-2-15(20-24-6-8-29-20)25-19(13)18(28)9-12-10-23-5-3-16(12)26-7-4-17(27)14(22)11-26/h1-3,5-6,8,10,14,17,27H,4,7,9,11,21-22H2/t14-,17-/m1/s1. The SMILES string of the molecule is Nc1ccc(-c2nccs2)nc1C(=O)Cc1cnccc1N1CC[C@@H](O)[C@H](N)C1. The highest BCUT2D eigenvalue weighted by Crippen LogP contribution is 2.26. The van der Waals surface area contributed by atoms with E-state index in [4.69, 9.17) is 11.5 Å². The topological polar surface area (TPSA) is 131 Å². The van der Waals surface area contributed by atoms with E-state index < -0.39 is 6.10 Å². The summed E-state index contributed by atoms with van der Waals surface area (Å²) in [6.07, 6.45) is 5.27. The van der Waals surface area contributed by atoms with E-state index in [1.807, 2.05) is 11.4 Å². The number of nitrogens with two attached hydrogens (primary N) is 2. The highest BCUT2D eigenvalue weighted by Gasteiger charge is 2.26. The van der Waals surface area contributed by atoms with Gasteiger partial charge in [0.25, 0.3) is 0 Å². The van der Waals surface area contributed by atoms with Crippen molar-refractivity contribution in [3.05, 3.63) is 53.4 Å². The van der Waals surface area contributed by atoms with E-state index in [9.17, 15) is 9.90 Å². The fourth-order valence-corrected chi connectivity index (χ4v) is 4.08. The third-order valence-electron chi connectivity index (χ3n) is 5.03. The summed E-state index contributed by atoms with van der Waals surface area (Å²) in [5, 5.41) is 12.5. The number of anilines is 2. The van der Waals surface area contributed by atoms with Gasteiger partial charge in [-0.15, -0.1) is 11.3 Å². The second-order valence-electron chi connectivity index (χ2n) is 7.04. The summed E-state index contributed by atoms with van der Waals surface area (Å²) in [7, 11) is 0. The summed E-state index contributed by atoms with van der Waals surface area (Å²) >= 11 is 1.45. The molecule has 3 aromatic heterocycles. The molecule has 0 unspecified atom stereocenters. The van der Waals surface area contributed by atoms with Gasteiger partial charge in [-0.25, -0.2) is 9.97 Å². The van der Waals surface area contributed by atoms with Crippen molar-refractivity contribution < 1.29 is 9.90 Å². The van der Waals surface area contributed by atoms with Crippen LogP contribution in [-0.4, -0.2) is 51.1 Å². The van der Waals surface area contributed by atoms with Crippen molar-refractivity contribution in [3.8, 4) is 10.7 Å². The number of aromatic nitrogens is 3. The number of hydrogen-bond acceptors (Lipinski definition) is 9. The van der Waals surface area contributed by atoms with Gasteiger partial charge in [0.2, 0.25) is 0 Å². The van der Waals surface area contributed by atoms with Crippen LogP contribution in [0.25, 0.3) is 10.7 Å². The third-order valence-corrected chi connectivity index (χ3v) is 5.83. The first-order chi connectivity index (χ1) is 14.0. The number of Topliss-reactive ketones (excluding diaryl/α,β-unsaturated/α-hetero) is 1. The first-order valence-electron chi connectivity index (χ1n) is 9.34.